The molecule has 0 atom stereocenters. The zero-order chi connectivity index (χ0) is 10.3. The lowest BCUT2D eigenvalue weighted by atomic mass is 10.2. The van der Waals surface area contributed by atoms with Crippen molar-refractivity contribution in [2.24, 2.45) is 5.73 Å². The molecule has 0 aliphatic heterocycles. The molecule has 2 rings (SSSR count). The number of nitrogens with two attached hydrogens (primary N) is 1. The van der Waals surface area contributed by atoms with Crippen LogP contribution in [0.5, 0.6) is 0 Å². The molecule has 3 N–H and O–H groups in total. The summed E-state index contributed by atoms with van der Waals surface area (Å²) >= 11 is 3.43. The smallest absolute Gasteiger partial charge is 0.265 e. The summed E-state index contributed by atoms with van der Waals surface area (Å²) in [6.07, 6.45) is 0. The zero-order valence-electron chi connectivity index (χ0n) is 7.60. The number of hydrogen-bond acceptors (Lipinski definition) is 1. The van der Waals surface area contributed by atoms with Gasteiger partial charge in [-0.25, -0.2) is 0 Å². The number of carbonyl (C=O) groups is 1. The predicted molar refractivity (Wildman–Crippen MR) is 59.3 cm³/mol. The molecule has 0 saturated carbocycles. The normalized spacial score (nSPS) is 10.7. The van der Waals surface area contributed by atoms with E-state index in [9.17, 15) is 4.79 Å². The molecule has 72 valence electrons. The molecule has 0 bridgehead atoms. The Morgan fingerprint density at radius 3 is 2.79 bits per heavy atom. The van der Waals surface area contributed by atoms with E-state index >= 15 is 0 Å². The number of carbonyl (C=O) groups excluding carboxylic acids is 1. The maximum Gasteiger partial charge on any atom is 0.265 e. The highest BCUT2D eigenvalue weighted by Gasteiger charge is 2.07. The van der Waals surface area contributed by atoms with Gasteiger partial charge in [-0.3, -0.25) is 4.79 Å². The van der Waals surface area contributed by atoms with E-state index in [4.69, 9.17) is 5.73 Å². The predicted octanol–water partition coefficient (Wildman–Crippen LogP) is 2.34. The van der Waals surface area contributed by atoms with E-state index in [0.29, 0.717) is 5.69 Å². The van der Waals surface area contributed by atoms with Crippen LogP contribution in [0.2, 0.25) is 0 Å². The SMILES string of the molecule is Cc1cc(Br)c2[nH]c(C(N)=O)cc2c1. The fraction of sp³-hybridized carbons (Fsp3) is 0.100. The van der Waals surface area contributed by atoms with E-state index in [1.165, 1.54) is 0 Å². The monoisotopic (exact) mass is 252 g/mol. The number of primary amides is 1. The summed E-state index contributed by atoms with van der Waals surface area (Å²) in [6, 6.07) is 5.75. The first-order valence-corrected chi connectivity index (χ1v) is 4.96. The van der Waals surface area contributed by atoms with Gasteiger partial charge in [0.05, 0.1) is 5.52 Å². The number of benzene rings is 1. The minimum Gasteiger partial charge on any atom is -0.364 e. The van der Waals surface area contributed by atoms with Crippen molar-refractivity contribution in [3.05, 3.63) is 33.9 Å². The van der Waals surface area contributed by atoms with Crippen LogP contribution in [0.15, 0.2) is 22.7 Å². The van der Waals surface area contributed by atoms with Gasteiger partial charge in [-0.2, -0.15) is 0 Å². The van der Waals surface area contributed by atoms with Crippen molar-refractivity contribution in [3.8, 4) is 0 Å². The maximum absolute atomic E-state index is 10.9. The zero-order valence-corrected chi connectivity index (χ0v) is 9.18. The molecule has 0 spiro atoms. The summed E-state index contributed by atoms with van der Waals surface area (Å²) in [7, 11) is 0. The molecule has 0 aliphatic rings. The van der Waals surface area contributed by atoms with Gasteiger partial charge in [0.1, 0.15) is 5.69 Å². The van der Waals surface area contributed by atoms with Gasteiger partial charge < -0.3 is 10.7 Å². The lowest BCUT2D eigenvalue weighted by Crippen LogP contribution is -2.10. The number of H-pyrrole nitrogens is 1. The highest BCUT2D eigenvalue weighted by molar-refractivity contribution is 9.10. The van der Waals surface area contributed by atoms with Gasteiger partial charge in [0, 0.05) is 9.86 Å². The summed E-state index contributed by atoms with van der Waals surface area (Å²) < 4.78 is 0.944. The average Bonchev–Trinajstić information content (AvgIpc) is 2.47. The highest BCUT2D eigenvalue weighted by Crippen LogP contribution is 2.25. The number of rotatable bonds is 1. The lowest BCUT2D eigenvalue weighted by molar-refractivity contribution is 0.0996. The number of aromatic nitrogens is 1. The topological polar surface area (TPSA) is 58.9 Å². The summed E-state index contributed by atoms with van der Waals surface area (Å²) in [6.45, 7) is 2.00. The summed E-state index contributed by atoms with van der Waals surface area (Å²) in [5, 5.41) is 0.991. The van der Waals surface area contributed by atoms with Crippen molar-refractivity contribution >= 4 is 32.7 Å². The van der Waals surface area contributed by atoms with E-state index in [2.05, 4.69) is 20.9 Å². The van der Waals surface area contributed by atoms with E-state index in [-0.39, 0.29) is 0 Å². The quantitative estimate of drug-likeness (QED) is 0.805. The molecular weight excluding hydrogens is 244 g/mol. The largest absolute Gasteiger partial charge is 0.364 e. The summed E-state index contributed by atoms with van der Waals surface area (Å²) in [5.74, 6) is -0.439. The molecular formula is C10H9BrN2O. The molecule has 1 heterocycles. The second kappa shape index (κ2) is 3.13. The molecule has 14 heavy (non-hydrogen) atoms. The van der Waals surface area contributed by atoms with E-state index in [0.717, 1.165) is 20.9 Å². The molecule has 0 aliphatic carbocycles. The average molecular weight is 253 g/mol. The molecule has 0 saturated heterocycles. The van der Waals surface area contributed by atoms with Crippen LogP contribution in [0.4, 0.5) is 0 Å². The van der Waals surface area contributed by atoms with Gasteiger partial charge in [-0.05, 0) is 46.6 Å². The Kier molecular flexibility index (Phi) is 2.07. The van der Waals surface area contributed by atoms with Crippen LogP contribution in [0.25, 0.3) is 10.9 Å². The second-order valence-electron chi connectivity index (χ2n) is 3.26. The number of aromatic amines is 1. The maximum atomic E-state index is 10.9. The first-order chi connectivity index (χ1) is 6.58. The molecule has 1 aromatic heterocycles. The van der Waals surface area contributed by atoms with Gasteiger partial charge >= 0.3 is 0 Å². The Morgan fingerprint density at radius 1 is 1.43 bits per heavy atom. The highest BCUT2D eigenvalue weighted by atomic mass is 79.9. The summed E-state index contributed by atoms with van der Waals surface area (Å²) in [5.41, 5.74) is 7.66. The molecule has 1 aromatic carbocycles. The summed E-state index contributed by atoms with van der Waals surface area (Å²) in [4.78, 5) is 13.9. The third-order valence-electron chi connectivity index (χ3n) is 2.09. The number of nitrogens with one attached hydrogen (secondary N) is 1. The van der Waals surface area contributed by atoms with Gasteiger partial charge in [-0.15, -0.1) is 0 Å². The molecule has 0 unspecified atom stereocenters. The Morgan fingerprint density at radius 2 is 2.14 bits per heavy atom. The van der Waals surface area contributed by atoms with Gasteiger partial charge in [0.2, 0.25) is 0 Å². The number of fused-ring (bicyclic) bond motifs is 1. The molecule has 0 radical (unpaired) electrons. The van der Waals surface area contributed by atoms with Crippen molar-refractivity contribution in [1.82, 2.24) is 4.98 Å². The molecule has 3 nitrogen and oxygen atoms in total. The van der Waals surface area contributed by atoms with Crippen LogP contribution >= 0.6 is 15.9 Å². The Hall–Kier alpha value is -1.29. The molecule has 4 heteroatoms. The molecule has 0 fully saturated rings. The van der Waals surface area contributed by atoms with E-state index in [1.807, 2.05) is 19.1 Å². The van der Waals surface area contributed by atoms with Crippen molar-refractivity contribution in [2.45, 2.75) is 6.92 Å². The standard InChI is InChI=1S/C10H9BrN2O/c1-5-2-6-4-8(10(12)14)13-9(6)7(11)3-5/h2-4,13H,1H3,(H2,12,14). The number of halogens is 1. The second-order valence-corrected chi connectivity index (χ2v) is 4.11. The molecule has 2 aromatic rings. The van der Waals surface area contributed by atoms with Gasteiger partial charge in [-0.1, -0.05) is 0 Å². The van der Waals surface area contributed by atoms with Crippen LogP contribution in [0.1, 0.15) is 16.1 Å². The fourth-order valence-electron chi connectivity index (χ4n) is 1.47. The first-order valence-electron chi connectivity index (χ1n) is 4.16. The third kappa shape index (κ3) is 1.42. The Balaban J connectivity index is 2.76. The first kappa shape index (κ1) is 9.27. The van der Waals surface area contributed by atoms with Crippen molar-refractivity contribution in [1.29, 1.82) is 0 Å². The number of aryl methyl sites for hydroxylation is 1. The third-order valence-corrected chi connectivity index (χ3v) is 2.72. The van der Waals surface area contributed by atoms with E-state index < -0.39 is 5.91 Å². The van der Waals surface area contributed by atoms with Crippen LogP contribution < -0.4 is 5.73 Å². The van der Waals surface area contributed by atoms with E-state index in [1.54, 1.807) is 6.07 Å². The number of amides is 1. The lowest BCUT2D eigenvalue weighted by Gasteiger charge is -1.96. The minimum atomic E-state index is -0.439. The Bertz CT molecular complexity index is 516. The fourth-order valence-corrected chi connectivity index (χ4v) is 2.16. The van der Waals surface area contributed by atoms with Gasteiger partial charge in [0.15, 0.2) is 0 Å². The molecule has 1 amide bonds. The van der Waals surface area contributed by atoms with Crippen LogP contribution in [-0.2, 0) is 0 Å². The minimum absolute atomic E-state index is 0.436. The van der Waals surface area contributed by atoms with Crippen LogP contribution in [0.3, 0.4) is 0 Å². The van der Waals surface area contributed by atoms with Crippen molar-refractivity contribution < 1.29 is 4.79 Å². The van der Waals surface area contributed by atoms with Gasteiger partial charge in [0.25, 0.3) is 5.91 Å². The Labute approximate surface area is 89.4 Å². The van der Waals surface area contributed by atoms with Crippen LogP contribution in [0, 0.1) is 6.92 Å². The van der Waals surface area contributed by atoms with Crippen molar-refractivity contribution in [2.75, 3.05) is 0 Å². The van der Waals surface area contributed by atoms with Crippen LogP contribution in [-0.4, -0.2) is 10.9 Å². The number of hydrogen-bond donors (Lipinski definition) is 2. The van der Waals surface area contributed by atoms with Crippen molar-refractivity contribution in [3.63, 3.8) is 0 Å².